The van der Waals surface area contributed by atoms with E-state index in [1.54, 1.807) is 42.5 Å². The Hall–Kier alpha value is -2.49. The minimum absolute atomic E-state index is 0.176. The number of nitrogens with one attached hydrogen (secondary N) is 1. The van der Waals surface area contributed by atoms with Gasteiger partial charge in [0.2, 0.25) is 0 Å². The highest BCUT2D eigenvalue weighted by molar-refractivity contribution is 5.89. The van der Waals surface area contributed by atoms with Crippen LogP contribution in [-0.4, -0.2) is 18.2 Å². The van der Waals surface area contributed by atoms with Crippen molar-refractivity contribution in [3.05, 3.63) is 54.1 Å². The van der Waals surface area contributed by atoms with Gasteiger partial charge in [0.25, 0.3) is 0 Å². The summed E-state index contributed by atoms with van der Waals surface area (Å²) in [7, 11) is 1.34. The summed E-state index contributed by atoms with van der Waals surface area (Å²) >= 11 is 0. The third-order valence-corrected chi connectivity index (χ3v) is 2.49. The third-order valence-electron chi connectivity index (χ3n) is 2.49. The molecule has 0 spiro atoms. The van der Waals surface area contributed by atoms with Crippen molar-refractivity contribution in [1.29, 1.82) is 0 Å². The van der Waals surface area contributed by atoms with E-state index in [-0.39, 0.29) is 11.7 Å². The maximum absolute atomic E-state index is 11.3. The van der Waals surface area contributed by atoms with Crippen LogP contribution in [0.2, 0.25) is 0 Å². The quantitative estimate of drug-likeness (QED) is 0.642. The zero-order chi connectivity index (χ0) is 13.0. The Bertz CT molecular complexity index is 549. The van der Waals surface area contributed by atoms with Crippen LogP contribution in [0.3, 0.4) is 0 Å². The normalized spacial score (nSPS) is 9.83. The lowest BCUT2D eigenvalue weighted by Crippen LogP contribution is -2.00. The highest BCUT2D eigenvalue weighted by Crippen LogP contribution is 2.25. The van der Waals surface area contributed by atoms with E-state index in [2.05, 4.69) is 10.1 Å². The fourth-order valence-corrected chi connectivity index (χ4v) is 1.54. The van der Waals surface area contributed by atoms with Crippen LogP contribution in [-0.2, 0) is 4.74 Å². The van der Waals surface area contributed by atoms with Gasteiger partial charge < -0.3 is 15.2 Å². The average Bonchev–Trinajstić information content (AvgIpc) is 2.41. The number of phenolic OH excluding ortho intramolecular Hbond substituents is 1. The SMILES string of the molecule is COC(=O)c1ccc(Nc2ccccc2O)cc1. The van der Waals surface area contributed by atoms with Crippen molar-refractivity contribution in [1.82, 2.24) is 0 Å². The second-order valence-corrected chi connectivity index (χ2v) is 3.71. The number of carbonyl (C=O) groups is 1. The topological polar surface area (TPSA) is 58.6 Å². The van der Waals surface area contributed by atoms with Gasteiger partial charge in [0.05, 0.1) is 18.4 Å². The van der Waals surface area contributed by atoms with Gasteiger partial charge in [-0.1, -0.05) is 12.1 Å². The number of benzene rings is 2. The predicted molar refractivity (Wildman–Crippen MR) is 69.2 cm³/mol. The Morgan fingerprint density at radius 2 is 1.78 bits per heavy atom. The monoisotopic (exact) mass is 243 g/mol. The van der Waals surface area contributed by atoms with Crippen molar-refractivity contribution in [2.24, 2.45) is 0 Å². The number of anilines is 2. The number of esters is 1. The molecule has 2 rings (SSSR count). The van der Waals surface area contributed by atoms with E-state index in [0.29, 0.717) is 11.3 Å². The van der Waals surface area contributed by atoms with Gasteiger partial charge in [-0.15, -0.1) is 0 Å². The molecule has 0 atom stereocenters. The summed E-state index contributed by atoms with van der Waals surface area (Å²) < 4.78 is 4.61. The molecule has 0 aromatic heterocycles. The molecule has 0 heterocycles. The smallest absolute Gasteiger partial charge is 0.337 e. The zero-order valence-corrected chi connectivity index (χ0v) is 9.88. The maximum atomic E-state index is 11.3. The number of para-hydroxylation sites is 2. The molecule has 0 bridgehead atoms. The Kier molecular flexibility index (Phi) is 3.48. The highest BCUT2D eigenvalue weighted by atomic mass is 16.5. The molecule has 0 fully saturated rings. The van der Waals surface area contributed by atoms with Crippen LogP contribution >= 0.6 is 0 Å². The number of hydrogen-bond acceptors (Lipinski definition) is 4. The van der Waals surface area contributed by atoms with E-state index in [9.17, 15) is 9.90 Å². The standard InChI is InChI=1S/C14H13NO3/c1-18-14(17)10-6-8-11(9-7-10)15-12-4-2-3-5-13(12)16/h2-9,15-16H,1H3. The lowest BCUT2D eigenvalue weighted by molar-refractivity contribution is 0.0601. The van der Waals surface area contributed by atoms with Crippen molar-refractivity contribution in [3.8, 4) is 5.75 Å². The first-order valence-corrected chi connectivity index (χ1v) is 5.44. The Balaban J connectivity index is 2.16. The number of rotatable bonds is 3. The van der Waals surface area contributed by atoms with Crippen molar-refractivity contribution in [2.75, 3.05) is 12.4 Å². The van der Waals surface area contributed by atoms with Gasteiger partial charge in [0.1, 0.15) is 5.75 Å². The highest BCUT2D eigenvalue weighted by Gasteiger charge is 2.05. The van der Waals surface area contributed by atoms with Crippen molar-refractivity contribution in [2.45, 2.75) is 0 Å². The molecule has 92 valence electrons. The first kappa shape index (κ1) is 12.0. The molecule has 0 aliphatic rings. The molecule has 0 amide bonds. The molecule has 0 aliphatic carbocycles. The van der Waals surface area contributed by atoms with Crippen LogP contribution in [0.25, 0.3) is 0 Å². The lowest BCUT2D eigenvalue weighted by Gasteiger charge is -2.08. The minimum Gasteiger partial charge on any atom is -0.506 e. The van der Waals surface area contributed by atoms with E-state index >= 15 is 0 Å². The van der Waals surface area contributed by atoms with E-state index in [1.165, 1.54) is 7.11 Å². The molecule has 0 saturated carbocycles. The second-order valence-electron chi connectivity index (χ2n) is 3.71. The average molecular weight is 243 g/mol. The summed E-state index contributed by atoms with van der Waals surface area (Å²) in [5.41, 5.74) is 1.88. The number of phenols is 1. The Morgan fingerprint density at radius 3 is 2.39 bits per heavy atom. The number of ether oxygens (including phenoxy) is 1. The lowest BCUT2D eigenvalue weighted by atomic mass is 10.2. The van der Waals surface area contributed by atoms with Crippen LogP contribution in [0.4, 0.5) is 11.4 Å². The van der Waals surface area contributed by atoms with Crippen LogP contribution in [0.1, 0.15) is 10.4 Å². The number of methoxy groups -OCH3 is 1. The first-order chi connectivity index (χ1) is 8.70. The van der Waals surface area contributed by atoms with Gasteiger partial charge in [-0.2, -0.15) is 0 Å². The van der Waals surface area contributed by atoms with Crippen molar-refractivity contribution >= 4 is 17.3 Å². The summed E-state index contributed by atoms with van der Waals surface area (Å²) in [6.45, 7) is 0. The molecule has 2 aromatic carbocycles. The molecule has 0 unspecified atom stereocenters. The van der Waals surface area contributed by atoms with Crippen LogP contribution in [0.5, 0.6) is 5.75 Å². The predicted octanol–water partition coefficient (Wildman–Crippen LogP) is 2.92. The molecule has 4 heteroatoms. The summed E-state index contributed by atoms with van der Waals surface area (Å²) in [4.78, 5) is 11.3. The molecule has 0 saturated heterocycles. The van der Waals surface area contributed by atoms with Gasteiger partial charge in [-0.05, 0) is 36.4 Å². The number of carbonyl (C=O) groups excluding carboxylic acids is 1. The molecular formula is C14H13NO3. The van der Waals surface area contributed by atoms with Gasteiger partial charge in [-0.3, -0.25) is 0 Å². The molecule has 4 nitrogen and oxygen atoms in total. The fraction of sp³-hybridized carbons (Fsp3) is 0.0714. The minimum atomic E-state index is -0.371. The van der Waals surface area contributed by atoms with Crippen LogP contribution < -0.4 is 5.32 Å². The van der Waals surface area contributed by atoms with E-state index in [1.807, 2.05) is 6.07 Å². The molecule has 0 aliphatic heterocycles. The third kappa shape index (κ3) is 2.60. The van der Waals surface area contributed by atoms with E-state index < -0.39 is 0 Å². The number of hydrogen-bond donors (Lipinski definition) is 2. The summed E-state index contributed by atoms with van der Waals surface area (Å²) in [6, 6.07) is 13.8. The van der Waals surface area contributed by atoms with E-state index in [0.717, 1.165) is 5.69 Å². The molecule has 2 N–H and O–H groups in total. The largest absolute Gasteiger partial charge is 0.506 e. The molecule has 18 heavy (non-hydrogen) atoms. The van der Waals surface area contributed by atoms with Gasteiger partial charge in [0, 0.05) is 5.69 Å². The fourth-order valence-electron chi connectivity index (χ4n) is 1.54. The Morgan fingerprint density at radius 1 is 1.11 bits per heavy atom. The van der Waals surface area contributed by atoms with Crippen LogP contribution in [0, 0.1) is 0 Å². The van der Waals surface area contributed by atoms with E-state index in [4.69, 9.17) is 0 Å². The summed E-state index contributed by atoms with van der Waals surface area (Å²) in [5.74, 6) is -0.196. The van der Waals surface area contributed by atoms with Gasteiger partial charge >= 0.3 is 5.97 Å². The molecule has 0 radical (unpaired) electrons. The number of aromatic hydroxyl groups is 1. The molecule has 2 aromatic rings. The van der Waals surface area contributed by atoms with Gasteiger partial charge in [-0.25, -0.2) is 4.79 Å². The van der Waals surface area contributed by atoms with Crippen molar-refractivity contribution < 1.29 is 14.6 Å². The second kappa shape index (κ2) is 5.23. The summed E-state index contributed by atoms with van der Waals surface area (Å²) in [6.07, 6.45) is 0. The van der Waals surface area contributed by atoms with Gasteiger partial charge in [0.15, 0.2) is 0 Å². The maximum Gasteiger partial charge on any atom is 0.337 e. The first-order valence-electron chi connectivity index (χ1n) is 5.44. The Labute approximate surface area is 105 Å². The van der Waals surface area contributed by atoms with Crippen LogP contribution in [0.15, 0.2) is 48.5 Å². The zero-order valence-electron chi connectivity index (χ0n) is 9.88. The summed E-state index contributed by atoms with van der Waals surface area (Å²) in [5, 5.41) is 12.7. The van der Waals surface area contributed by atoms with Crippen molar-refractivity contribution in [3.63, 3.8) is 0 Å². The molecular weight excluding hydrogens is 230 g/mol.